The van der Waals surface area contributed by atoms with Crippen LogP contribution in [0.4, 0.5) is 0 Å². The average molecular weight is 122 g/mol. The molecular formula is C5H7NaS. The first-order chi connectivity index (χ1) is 2.79. The van der Waals surface area contributed by atoms with Gasteiger partial charge in [0.25, 0.3) is 0 Å². The van der Waals surface area contributed by atoms with Crippen molar-refractivity contribution in [3.63, 3.8) is 0 Å². The summed E-state index contributed by atoms with van der Waals surface area (Å²) in [6.45, 7) is 3.74. The van der Waals surface area contributed by atoms with Crippen molar-refractivity contribution in [3.05, 3.63) is 12.2 Å². The van der Waals surface area contributed by atoms with E-state index in [9.17, 15) is 0 Å². The van der Waals surface area contributed by atoms with Crippen LogP contribution in [0.3, 0.4) is 0 Å². The largest absolute Gasteiger partial charge is 1.00 e. The van der Waals surface area contributed by atoms with Crippen LogP contribution in [0.2, 0.25) is 0 Å². The maximum Gasteiger partial charge on any atom is 1.00 e. The Morgan fingerprint density at radius 2 is 2.00 bits per heavy atom. The summed E-state index contributed by atoms with van der Waals surface area (Å²) in [5, 5.41) is 0.525. The second kappa shape index (κ2) is 3.18. The van der Waals surface area contributed by atoms with E-state index >= 15 is 0 Å². The minimum atomic E-state index is 0. The van der Waals surface area contributed by atoms with Gasteiger partial charge in [-0.15, -0.1) is 0 Å². The Morgan fingerprint density at radius 1 is 1.57 bits per heavy atom. The van der Waals surface area contributed by atoms with Crippen molar-refractivity contribution in [3.8, 4) is 0 Å². The van der Waals surface area contributed by atoms with Crippen molar-refractivity contribution < 1.29 is 29.6 Å². The molecule has 0 nitrogen and oxygen atoms in total. The Kier molecular flexibility index (Phi) is 3.68. The zero-order valence-electron chi connectivity index (χ0n) is 4.61. The molecule has 0 aromatic rings. The summed E-state index contributed by atoms with van der Waals surface area (Å²) in [5.74, 6) is 0. The fourth-order valence-electron chi connectivity index (χ4n) is 0.584. The molecule has 1 rings (SSSR count). The first-order valence-corrected chi connectivity index (χ1v) is 2.58. The van der Waals surface area contributed by atoms with Crippen molar-refractivity contribution in [1.29, 1.82) is 0 Å². The number of allylic oxidation sites excluding steroid dienone is 1. The van der Waals surface area contributed by atoms with Crippen molar-refractivity contribution in [2.45, 2.75) is 18.1 Å². The topological polar surface area (TPSA) is 0 Å². The zero-order chi connectivity index (χ0) is 4.57. The zero-order valence-corrected chi connectivity index (χ0v) is 7.42. The fraction of sp³-hybridized carbons (Fsp3) is 0.600. The van der Waals surface area contributed by atoms with E-state index in [4.69, 9.17) is 12.6 Å². The first-order valence-electron chi connectivity index (χ1n) is 2.11. The predicted molar refractivity (Wildman–Crippen MR) is 29.5 cm³/mol. The Bertz CT molecular complexity index is 72.1. The summed E-state index contributed by atoms with van der Waals surface area (Å²) in [7, 11) is 0. The molecule has 2 heteroatoms. The van der Waals surface area contributed by atoms with Crippen LogP contribution in [0.1, 0.15) is 12.8 Å². The van der Waals surface area contributed by atoms with Crippen molar-refractivity contribution >= 4 is 12.6 Å². The van der Waals surface area contributed by atoms with Gasteiger partial charge in [0.2, 0.25) is 0 Å². The minimum absolute atomic E-state index is 0. The van der Waals surface area contributed by atoms with E-state index in [1.807, 2.05) is 0 Å². The third-order valence-corrected chi connectivity index (χ3v) is 1.37. The molecule has 0 atom stereocenters. The molecule has 0 radical (unpaired) electrons. The summed E-state index contributed by atoms with van der Waals surface area (Å²) in [5.41, 5.74) is 1.33. The molecule has 1 saturated carbocycles. The van der Waals surface area contributed by atoms with Gasteiger partial charge >= 0.3 is 29.6 Å². The van der Waals surface area contributed by atoms with Gasteiger partial charge in [0.1, 0.15) is 0 Å². The van der Waals surface area contributed by atoms with E-state index in [0.717, 1.165) is 12.8 Å². The van der Waals surface area contributed by atoms with E-state index in [2.05, 4.69) is 6.58 Å². The molecule has 0 aliphatic heterocycles. The molecule has 0 bridgehead atoms. The molecule has 0 N–H and O–H groups in total. The molecule has 34 valence electrons. The van der Waals surface area contributed by atoms with Crippen LogP contribution in [-0.4, -0.2) is 5.25 Å². The van der Waals surface area contributed by atoms with E-state index < -0.39 is 0 Å². The molecule has 1 aliphatic rings. The fourth-order valence-corrected chi connectivity index (χ4v) is 1.06. The van der Waals surface area contributed by atoms with Gasteiger partial charge in [-0.1, -0.05) is 25.0 Å². The van der Waals surface area contributed by atoms with Gasteiger partial charge in [0.05, 0.1) is 0 Å². The molecule has 0 amide bonds. The summed E-state index contributed by atoms with van der Waals surface area (Å²) >= 11 is 4.88. The molecule has 0 aromatic heterocycles. The Labute approximate surface area is 72.1 Å². The Balaban J connectivity index is 0.000000360. The summed E-state index contributed by atoms with van der Waals surface area (Å²) in [6, 6.07) is 0. The molecular weight excluding hydrogens is 115 g/mol. The normalized spacial score (nSPS) is 20.4. The van der Waals surface area contributed by atoms with Gasteiger partial charge in [-0.25, -0.2) is 0 Å². The van der Waals surface area contributed by atoms with Crippen LogP contribution in [0.25, 0.3) is 0 Å². The summed E-state index contributed by atoms with van der Waals surface area (Å²) < 4.78 is 0. The van der Waals surface area contributed by atoms with Crippen molar-refractivity contribution in [2.24, 2.45) is 0 Å². The Hall–Kier alpha value is 1.09. The van der Waals surface area contributed by atoms with Gasteiger partial charge < -0.3 is 12.6 Å². The standard InChI is InChI=1S/C5H8S.Na/c1-4-2-5(6)3-4;/h5-6H,1-3H2;/q;+1/p-1. The smallest absolute Gasteiger partial charge is 0.789 e. The van der Waals surface area contributed by atoms with E-state index in [1.165, 1.54) is 5.57 Å². The second-order valence-electron chi connectivity index (χ2n) is 1.78. The number of rotatable bonds is 0. The molecule has 0 aromatic carbocycles. The summed E-state index contributed by atoms with van der Waals surface area (Å²) in [4.78, 5) is 0. The number of hydrogen-bond acceptors (Lipinski definition) is 1. The maximum atomic E-state index is 4.88. The predicted octanol–water partition coefficient (Wildman–Crippen LogP) is -1.74. The van der Waals surface area contributed by atoms with E-state index in [-0.39, 0.29) is 29.6 Å². The van der Waals surface area contributed by atoms with E-state index in [1.54, 1.807) is 0 Å². The van der Waals surface area contributed by atoms with Gasteiger partial charge in [-0.2, -0.15) is 5.25 Å². The quantitative estimate of drug-likeness (QED) is 0.209. The molecule has 0 unspecified atom stereocenters. The minimum Gasteiger partial charge on any atom is -0.789 e. The molecule has 1 fully saturated rings. The van der Waals surface area contributed by atoms with Crippen LogP contribution >= 0.6 is 0 Å². The molecule has 0 spiro atoms. The van der Waals surface area contributed by atoms with Gasteiger partial charge in [0, 0.05) is 0 Å². The first kappa shape index (κ1) is 8.09. The van der Waals surface area contributed by atoms with Crippen LogP contribution < -0.4 is 29.6 Å². The van der Waals surface area contributed by atoms with Crippen molar-refractivity contribution in [2.75, 3.05) is 0 Å². The van der Waals surface area contributed by atoms with Crippen LogP contribution in [0.5, 0.6) is 0 Å². The van der Waals surface area contributed by atoms with E-state index in [0.29, 0.717) is 5.25 Å². The molecule has 0 heterocycles. The molecule has 0 saturated heterocycles. The van der Waals surface area contributed by atoms with Gasteiger partial charge in [-0.05, 0) is 0 Å². The monoisotopic (exact) mass is 122 g/mol. The summed E-state index contributed by atoms with van der Waals surface area (Å²) in [6.07, 6.45) is 2.19. The average Bonchev–Trinajstić information content (AvgIpc) is 1.33. The molecule has 7 heavy (non-hydrogen) atoms. The second-order valence-corrected chi connectivity index (χ2v) is 2.45. The van der Waals surface area contributed by atoms with Crippen LogP contribution in [0, 0.1) is 0 Å². The van der Waals surface area contributed by atoms with Gasteiger partial charge in [0.15, 0.2) is 0 Å². The molecule has 1 aliphatic carbocycles. The van der Waals surface area contributed by atoms with Gasteiger partial charge in [-0.3, -0.25) is 0 Å². The van der Waals surface area contributed by atoms with Crippen LogP contribution in [0.15, 0.2) is 12.2 Å². The van der Waals surface area contributed by atoms with Crippen molar-refractivity contribution in [1.82, 2.24) is 0 Å². The number of hydrogen-bond donors (Lipinski definition) is 0. The SMILES string of the molecule is C=C1CC([S-])C1.[Na+]. The Morgan fingerprint density at radius 3 is 2.00 bits per heavy atom. The third kappa shape index (κ3) is 2.22. The maximum absolute atomic E-state index is 4.88. The van der Waals surface area contributed by atoms with Crippen LogP contribution in [-0.2, 0) is 12.6 Å². The third-order valence-electron chi connectivity index (χ3n) is 1.03.